The molecule has 184 valence electrons. The molecule has 2 aliphatic rings. The van der Waals surface area contributed by atoms with Gasteiger partial charge in [-0.05, 0) is 59.9 Å². The first-order chi connectivity index (χ1) is 17.3. The smallest absolute Gasteiger partial charge is 0.267 e. The maximum atomic E-state index is 14.1. The van der Waals surface area contributed by atoms with Crippen LogP contribution in [0.1, 0.15) is 49.1 Å². The Balaban J connectivity index is 1.42. The van der Waals surface area contributed by atoms with Crippen molar-refractivity contribution < 1.29 is 4.79 Å². The molecule has 1 atom stereocenters. The fourth-order valence-electron chi connectivity index (χ4n) is 5.85. The minimum absolute atomic E-state index is 0.0323. The minimum Gasteiger partial charge on any atom is -0.311 e. The van der Waals surface area contributed by atoms with Crippen molar-refractivity contribution in [3.8, 4) is 5.69 Å². The topological polar surface area (TPSA) is 55.2 Å². The van der Waals surface area contributed by atoms with Crippen LogP contribution in [0, 0.1) is 5.41 Å². The van der Waals surface area contributed by atoms with Crippen LogP contribution in [0.2, 0.25) is 0 Å². The molecule has 1 amide bonds. The first-order valence-corrected chi connectivity index (χ1v) is 14.3. The van der Waals surface area contributed by atoms with Crippen LogP contribution in [0.3, 0.4) is 0 Å². The number of fused-ring (bicyclic) bond motifs is 4. The van der Waals surface area contributed by atoms with Crippen LogP contribution in [0.5, 0.6) is 0 Å². The van der Waals surface area contributed by atoms with Gasteiger partial charge in [-0.3, -0.25) is 14.2 Å². The van der Waals surface area contributed by atoms with Gasteiger partial charge in [-0.1, -0.05) is 68.9 Å². The number of hydrogen-bond donors (Lipinski definition) is 0. The number of hydrogen-bond acceptors (Lipinski definition) is 5. The number of carbonyl (C=O) groups excluding carboxylic acids is 1. The van der Waals surface area contributed by atoms with E-state index >= 15 is 0 Å². The zero-order valence-electron chi connectivity index (χ0n) is 20.8. The number of carbonyl (C=O) groups is 1. The summed E-state index contributed by atoms with van der Waals surface area (Å²) in [5.41, 5.74) is 4.27. The fraction of sp³-hybridized carbons (Fsp3) is 0.345. The van der Waals surface area contributed by atoms with Crippen molar-refractivity contribution >= 4 is 44.9 Å². The Labute approximate surface area is 219 Å². The highest BCUT2D eigenvalue weighted by molar-refractivity contribution is 7.99. The lowest BCUT2D eigenvalue weighted by Gasteiger charge is -2.33. The highest BCUT2D eigenvalue weighted by Crippen LogP contribution is 2.47. The Bertz CT molecular complexity index is 1540. The molecule has 0 spiro atoms. The molecular weight excluding hydrogens is 486 g/mol. The van der Waals surface area contributed by atoms with Gasteiger partial charge in [0.2, 0.25) is 5.91 Å². The molecule has 0 fully saturated rings. The number of thioether (sulfide) groups is 1. The Kier molecular flexibility index (Phi) is 5.80. The van der Waals surface area contributed by atoms with Crippen LogP contribution in [-0.2, 0) is 17.6 Å². The van der Waals surface area contributed by atoms with Gasteiger partial charge in [0, 0.05) is 17.1 Å². The molecule has 2 aromatic heterocycles. The summed E-state index contributed by atoms with van der Waals surface area (Å²) >= 11 is 3.01. The van der Waals surface area contributed by atoms with Crippen molar-refractivity contribution in [2.24, 2.45) is 5.41 Å². The van der Waals surface area contributed by atoms with E-state index in [0.29, 0.717) is 17.6 Å². The standard InChI is InChI=1S/C29H29N3O2S2/c1-18-15-29(2,3)16-21-24-26(36-25(18)21)30-28(32(27(24)34)20-10-5-4-6-11-20)35-17-23(33)31-14-13-19-9-7-8-12-22(19)31/h4-12,18H,13-17H2,1-3H3/t18-/m0/s1. The van der Waals surface area contributed by atoms with Crippen molar-refractivity contribution in [2.45, 2.75) is 51.1 Å². The Morgan fingerprint density at radius 3 is 2.69 bits per heavy atom. The van der Waals surface area contributed by atoms with E-state index in [0.717, 1.165) is 40.9 Å². The molecule has 2 aromatic carbocycles. The molecule has 0 bridgehead atoms. The van der Waals surface area contributed by atoms with Gasteiger partial charge >= 0.3 is 0 Å². The zero-order chi connectivity index (χ0) is 25.0. The normalized spacial score (nSPS) is 18.3. The summed E-state index contributed by atoms with van der Waals surface area (Å²) in [6, 6.07) is 17.8. The largest absolute Gasteiger partial charge is 0.311 e. The molecule has 1 aliphatic heterocycles. The second-order valence-corrected chi connectivity index (χ2v) is 12.6. The zero-order valence-corrected chi connectivity index (χ0v) is 22.4. The average Bonchev–Trinajstić information content (AvgIpc) is 3.44. The number of para-hydroxylation sites is 2. The third-order valence-corrected chi connectivity index (χ3v) is 9.59. The van der Waals surface area contributed by atoms with Gasteiger partial charge < -0.3 is 4.90 Å². The summed E-state index contributed by atoms with van der Waals surface area (Å²) in [5, 5.41) is 1.33. The molecule has 36 heavy (non-hydrogen) atoms. The Morgan fingerprint density at radius 1 is 1.14 bits per heavy atom. The summed E-state index contributed by atoms with van der Waals surface area (Å²) < 4.78 is 1.71. The van der Waals surface area contributed by atoms with Crippen LogP contribution in [0.25, 0.3) is 15.9 Å². The van der Waals surface area contributed by atoms with E-state index in [-0.39, 0.29) is 22.6 Å². The van der Waals surface area contributed by atoms with Crippen molar-refractivity contribution in [3.63, 3.8) is 0 Å². The number of amides is 1. The second kappa shape index (κ2) is 8.89. The lowest BCUT2D eigenvalue weighted by Crippen LogP contribution is -2.31. The lowest BCUT2D eigenvalue weighted by molar-refractivity contribution is -0.116. The predicted octanol–water partition coefficient (Wildman–Crippen LogP) is 6.20. The summed E-state index contributed by atoms with van der Waals surface area (Å²) in [4.78, 5) is 36.3. The monoisotopic (exact) mass is 515 g/mol. The van der Waals surface area contributed by atoms with E-state index in [1.54, 1.807) is 15.9 Å². The van der Waals surface area contributed by atoms with E-state index in [1.165, 1.54) is 27.8 Å². The van der Waals surface area contributed by atoms with E-state index in [1.807, 2.05) is 53.4 Å². The number of nitrogens with zero attached hydrogens (tertiary/aromatic N) is 3. The molecule has 0 radical (unpaired) electrons. The van der Waals surface area contributed by atoms with E-state index in [9.17, 15) is 9.59 Å². The first-order valence-electron chi connectivity index (χ1n) is 12.5. The minimum atomic E-state index is -0.0323. The van der Waals surface area contributed by atoms with Crippen LogP contribution in [0.4, 0.5) is 5.69 Å². The van der Waals surface area contributed by atoms with Crippen LogP contribution in [-0.4, -0.2) is 27.8 Å². The van der Waals surface area contributed by atoms with Gasteiger partial charge in [0.15, 0.2) is 5.16 Å². The molecule has 1 aliphatic carbocycles. The molecule has 0 unspecified atom stereocenters. The van der Waals surface area contributed by atoms with Crippen LogP contribution in [0.15, 0.2) is 64.5 Å². The molecule has 5 nitrogen and oxygen atoms in total. The molecule has 7 heteroatoms. The van der Waals surface area contributed by atoms with Gasteiger partial charge in [-0.15, -0.1) is 11.3 Å². The van der Waals surface area contributed by atoms with E-state index in [2.05, 4.69) is 26.8 Å². The highest BCUT2D eigenvalue weighted by atomic mass is 32.2. The second-order valence-electron chi connectivity index (χ2n) is 10.7. The lowest BCUT2D eigenvalue weighted by atomic mass is 9.72. The van der Waals surface area contributed by atoms with Crippen molar-refractivity contribution in [2.75, 3.05) is 17.2 Å². The van der Waals surface area contributed by atoms with Gasteiger partial charge in [-0.2, -0.15) is 0 Å². The number of rotatable bonds is 4. The van der Waals surface area contributed by atoms with E-state index in [4.69, 9.17) is 4.98 Å². The third kappa shape index (κ3) is 3.98. The fourth-order valence-corrected chi connectivity index (χ4v) is 8.03. The molecular formula is C29H29N3O2S2. The average molecular weight is 516 g/mol. The Morgan fingerprint density at radius 2 is 1.89 bits per heavy atom. The van der Waals surface area contributed by atoms with Gasteiger partial charge in [0.25, 0.3) is 5.56 Å². The molecule has 6 rings (SSSR count). The van der Waals surface area contributed by atoms with E-state index < -0.39 is 0 Å². The Hall–Kier alpha value is -2.90. The van der Waals surface area contributed by atoms with Crippen molar-refractivity contribution in [3.05, 3.63) is 81.0 Å². The maximum absolute atomic E-state index is 14.1. The number of anilines is 1. The summed E-state index contributed by atoms with van der Waals surface area (Å²) in [6.07, 6.45) is 2.87. The van der Waals surface area contributed by atoms with Crippen LogP contribution >= 0.6 is 23.1 Å². The molecule has 0 saturated heterocycles. The molecule has 0 saturated carbocycles. The molecule has 3 heterocycles. The summed E-state index contributed by atoms with van der Waals surface area (Å²) in [6.45, 7) is 7.52. The first kappa shape index (κ1) is 23.5. The molecule has 4 aromatic rings. The molecule has 0 N–H and O–H groups in total. The highest BCUT2D eigenvalue weighted by Gasteiger charge is 2.35. The predicted molar refractivity (Wildman–Crippen MR) is 149 cm³/mol. The number of benzene rings is 2. The maximum Gasteiger partial charge on any atom is 0.267 e. The van der Waals surface area contributed by atoms with Crippen molar-refractivity contribution in [1.29, 1.82) is 0 Å². The third-order valence-electron chi connectivity index (χ3n) is 7.31. The van der Waals surface area contributed by atoms with Gasteiger partial charge in [0.05, 0.1) is 16.8 Å². The van der Waals surface area contributed by atoms with Crippen LogP contribution < -0.4 is 10.5 Å². The van der Waals surface area contributed by atoms with Crippen molar-refractivity contribution in [1.82, 2.24) is 9.55 Å². The number of aromatic nitrogens is 2. The van der Waals surface area contributed by atoms with Gasteiger partial charge in [-0.25, -0.2) is 4.98 Å². The summed E-state index contributed by atoms with van der Waals surface area (Å²) in [7, 11) is 0. The quantitative estimate of drug-likeness (QED) is 0.240. The number of thiophene rings is 1. The SMILES string of the molecule is C[C@H]1CC(C)(C)Cc2c1sc1nc(SCC(=O)N3CCc4ccccc43)n(-c3ccccc3)c(=O)c21. The van der Waals surface area contributed by atoms with Gasteiger partial charge in [0.1, 0.15) is 4.83 Å². The summed E-state index contributed by atoms with van der Waals surface area (Å²) in [5.74, 6) is 0.674.